The van der Waals surface area contributed by atoms with Crippen LogP contribution in [0.3, 0.4) is 0 Å². The zero-order valence-corrected chi connectivity index (χ0v) is 31.5. The average molecular weight is 683 g/mol. The monoisotopic (exact) mass is 682 g/mol. The van der Waals surface area contributed by atoms with Crippen LogP contribution in [0.1, 0.15) is 126 Å². The lowest BCUT2D eigenvalue weighted by molar-refractivity contribution is -0.162. The van der Waals surface area contributed by atoms with E-state index in [1.807, 2.05) is 40.7 Å². The van der Waals surface area contributed by atoms with Gasteiger partial charge in [-0.05, 0) is 96.1 Å². The summed E-state index contributed by atoms with van der Waals surface area (Å²) in [5.41, 5.74) is -2.29. The molecule has 2 aliphatic carbocycles. The second kappa shape index (κ2) is 14.0. The van der Waals surface area contributed by atoms with Gasteiger partial charge in [0.2, 0.25) is 0 Å². The Morgan fingerprint density at radius 1 is 1.04 bits per heavy atom. The van der Waals surface area contributed by atoms with Crippen molar-refractivity contribution in [3.63, 3.8) is 0 Å². The number of aliphatic hydroxyl groups excluding tert-OH is 1. The maximum absolute atomic E-state index is 14.7. The summed E-state index contributed by atoms with van der Waals surface area (Å²) in [6.45, 7) is 15.9. The van der Waals surface area contributed by atoms with Crippen molar-refractivity contribution in [1.29, 1.82) is 0 Å². The summed E-state index contributed by atoms with van der Waals surface area (Å²) in [6, 6.07) is 0. The van der Waals surface area contributed by atoms with Crippen molar-refractivity contribution in [3.05, 3.63) is 35.1 Å². The van der Waals surface area contributed by atoms with Gasteiger partial charge in [0.15, 0.2) is 0 Å². The summed E-state index contributed by atoms with van der Waals surface area (Å²) in [5.74, 6) is -1.36. The van der Waals surface area contributed by atoms with E-state index >= 15 is 0 Å². The van der Waals surface area contributed by atoms with E-state index in [9.17, 15) is 24.6 Å². The van der Waals surface area contributed by atoms with Crippen LogP contribution in [0.15, 0.2) is 35.1 Å². The minimum absolute atomic E-state index is 0.0873. The Morgan fingerprint density at radius 2 is 1.76 bits per heavy atom. The second-order valence-corrected chi connectivity index (χ2v) is 17.4. The number of esters is 1. The lowest BCUT2D eigenvalue weighted by Gasteiger charge is -2.48. The van der Waals surface area contributed by atoms with E-state index in [4.69, 9.17) is 14.2 Å². The SMILES string of the molecule is COC(=O)[C@@]12CC(=O)[C@@H](C(C)C)CC(=O)[C@@H](C)CCC[C@@H](C)/C=C3\O[C@@](C)(C[C@@H]31)/C1=C/C[C@](C)(O)[C@H]3CC[C@](C)(O3)[C@H](O)CC/C(C)=C/[C@H]12. The molecule has 3 heterocycles. The highest BCUT2D eigenvalue weighted by Gasteiger charge is 2.67. The van der Waals surface area contributed by atoms with E-state index in [2.05, 4.69) is 26.0 Å². The Bertz CT molecular complexity index is 1390. The Labute approximate surface area is 294 Å². The van der Waals surface area contributed by atoms with Crippen LogP contribution in [0.4, 0.5) is 0 Å². The molecule has 49 heavy (non-hydrogen) atoms. The molecule has 8 heteroatoms. The predicted molar refractivity (Wildman–Crippen MR) is 188 cm³/mol. The third-order valence-corrected chi connectivity index (χ3v) is 13.1. The van der Waals surface area contributed by atoms with Gasteiger partial charge in [0, 0.05) is 42.9 Å². The second-order valence-electron chi connectivity index (χ2n) is 17.4. The molecule has 0 amide bonds. The Hall–Kier alpha value is -2.29. The highest BCUT2D eigenvalue weighted by molar-refractivity contribution is 5.93. The average Bonchev–Trinajstić information content (AvgIpc) is 3.58. The molecule has 0 unspecified atom stereocenters. The standard InChI is InChI=1S/C41H62O8/c1-24(2)28-21-32(42)27(5)12-10-11-25(3)20-34-31-22-40(8,48-34)29-15-17-38(6,46)36-16-18-39(7,49-36)35(44)14-13-26(4)19-30(29)41(31,23-33(28)43)37(45)47-9/h15,19-20,24-25,27-28,30-31,35-36,44,46H,10-14,16-18,21-23H2,1-9H3/b26-19+,29-15+,34-20-/t25-,27+,28-,30-,31+,35-,36-,38+,39+,40+,41-/m1/s1. The summed E-state index contributed by atoms with van der Waals surface area (Å²) in [6.07, 6.45) is 10.7. The van der Waals surface area contributed by atoms with Crippen LogP contribution < -0.4 is 0 Å². The van der Waals surface area contributed by atoms with Crippen LogP contribution in [0.25, 0.3) is 0 Å². The zero-order valence-electron chi connectivity index (χ0n) is 31.5. The maximum Gasteiger partial charge on any atom is 0.313 e. The summed E-state index contributed by atoms with van der Waals surface area (Å²) in [7, 11) is 1.39. The fraction of sp³-hybridized carbons (Fsp3) is 0.780. The van der Waals surface area contributed by atoms with Crippen LogP contribution >= 0.6 is 0 Å². The summed E-state index contributed by atoms with van der Waals surface area (Å²) < 4.78 is 19.1. The number of ketones is 2. The largest absolute Gasteiger partial charge is 0.488 e. The van der Waals surface area contributed by atoms with Crippen LogP contribution in [0.2, 0.25) is 0 Å². The van der Waals surface area contributed by atoms with Crippen molar-refractivity contribution in [2.24, 2.45) is 40.9 Å². The van der Waals surface area contributed by atoms with Crippen molar-refractivity contribution in [1.82, 2.24) is 0 Å². The quantitative estimate of drug-likeness (QED) is 0.232. The smallest absolute Gasteiger partial charge is 0.313 e. The molecule has 0 radical (unpaired) electrons. The normalized spacial score (nSPS) is 47.0. The van der Waals surface area contributed by atoms with Crippen molar-refractivity contribution in [2.45, 2.75) is 155 Å². The number of hydrogen-bond donors (Lipinski definition) is 2. The van der Waals surface area contributed by atoms with Crippen LogP contribution in [0, 0.1) is 40.9 Å². The third-order valence-electron chi connectivity index (χ3n) is 13.1. The van der Waals surface area contributed by atoms with Crippen molar-refractivity contribution in [3.8, 4) is 0 Å². The highest BCUT2D eigenvalue weighted by Crippen LogP contribution is 2.64. The molecular formula is C41H62O8. The van der Waals surface area contributed by atoms with Gasteiger partial charge in [-0.15, -0.1) is 0 Å². The number of rotatable bonds is 2. The van der Waals surface area contributed by atoms with E-state index in [0.717, 1.165) is 36.2 Å². The van der Waals surface area contributed by atoms with Gasteiger partial charge in [0.25, 0.3) is 0 Å². The van der Waals surface area contributed by atoms with E-state index in [1.165, 1.54) is 7.11 Å². The number of Topliss-reactive ketones (excluding diaryl/α,β-unsaturated/α-hetero) is 2. The number of aliphatic hydroxyl groups is 2. The van der Waals surface area contributed by atoms with Gasteiger partial charge in [-0.1, -0.05) is 51.8 Å². The molecule has 2 saturated heterocycles. The molecule has 274 valence electrons. The molecule has 0 aromatic rings. The molecule has 5 aliphatic rings. The number of carbonyl (C=O) groups is 3. The number of hydrogen-bond acceptors (Lipinski definition) is 8. The molecule has 8 nitrogen and oxygen atoms in total. The molecule has 0 spiro atoms. The molecular weight excluding hydrogens is 620 g/mol. The van der Waals surface area contributed by atoms with Gasteiger partial charge < -0.3 is 24.4 Å². The fourth-order valence-corrected chi connectivity index (χ4v) is 9.65. The molecule has 5 rings (SSSR count). The molecule has 2 N–H and O–H groups in total. The van der Waals surface area contributed by atoms with Crippen molar-refractivity contribution in [2.75, 3.05) is 7.11 Å². The van der Waals surface area contributed by atoms with Crippen LogP contribution in [-0.2, 0) is 28.6 Å². The molecule has 0 aromatic heterocycles. The van der Waals surface area contributed by atoms with Crippen LogP contribution in [0.5, 0.6) is 0 Å². The van der Waals surface area contributed by atoms with Crippen molar-refractivity contribution >= 4 is 17.5 Å². The predicted octanol–water partition coefficient (Wildman–Crippen LogP) is 7.21. The lowest BCUT2D eigenvalue weighted by atomic mass is 9.52. The third kappa shape index (κ3) is 7.13. The molecule has 4 bridgehead atoms. The van der Waals surface area contributed by atoms with E-state index < -0.39 is 58.1 Å². The van der Waals surface area contributed by atoms with E-state index in [1.54, 1.807) is 6.92 Å². The first-order chi connectivity index (χ1) is 22.9. The minimum atomic E-state index is -1.33. The molecule has 3 aliphatic heterocycles. The van der Waals surface area contributed by atoms with Gasteiger partial charge in [0.1, 0.15) is 17.2 Å². The van der Waals surface area contributed by atoms with Gasteiger partial charge >= 0.3 is 5.97 Å². The summed E-state index contributed by atoms with van der Waals surface area (Å²) in [5, 5.41) is 23.3. The van der Waals surface area contributed by atoms with Gasteiger partial charge in [-0.25, -0.2) is 0 Å². The molecule has 3 fully saturated rings. The van der Waals surface area contributed by atoms with Gasteiger partial charge in [-0.2, -0.15) is 0 Å². The van der Waals surface area contributed by atoms with E-state index in [-0.39, 0.29) is 48.6 Å². The first kappa shape index (κ1) is 38.0. The summed E-state index contributed by atoms with van der Waals surface area (Å²) in [4.78, 5) is 42.9. The molecule has 1 saturated carbocycles. The first-order valence-corrected chi connectivity index (χ1v) is 18.9. The Kier molecular flexibility index (Phi) is 10.9. The summed E-state index contributed by atoms with van der Waals surface area (Å²) >= 11 is 0. The van der Waals surface area contributed by atoms with Gasteiger partial charge in [0.05, 0.1) is 41.7 Å². The zero-order chi connectivity index (χ0) is 36.1. The molecule has 0 aromatic carbocycles. The Morgan fingerprint density at radius 3 is 2.43 bits per heavy atom. The van der Waals surface area contributed by atoms with Gasteiger partial charge in [-0.3, -0.25) is 14.4 Å². The number of carbonyl (C=O) groups excluding carboxylic acids is 3. The van der Waals surface area contributed by atoms with Crippen molar-refractivity contribution < 1.29 is 38.8 Å². The minimum Gasteiger partial charge on any atom is -0.488 e. The maximum atomic E-state index is 14.7. The topological polar surface area (TPSA) is 119 Å². The fourth-order valence-electron chi connectivity index (χ4n) is 9.65. The van der Waals surface area contributed by atoms with Crippen LogP contribution in [-0.4, -0.2) is 63.9 Å². The molecule has 11 atom stereocenters. The van der Waals surface area contributed by atoms with E-state index in [0.29, 0.717) is 32.1 Å². The number of methoxy groups -OCH3 is 1. The first-order valence-electron chi connectivity index (χ1n) is 18.9. The lowest BCUT2D eigenvalue weighted by Crippen LogP contribution is -2.54. The number of fused-ring (bicyclic) bond motifs is 6. The highest BCUT2D eigenvalue weighted by atomic mass is 16.5. The number of allylic oxidation sites excluding steroid dienone is 4. The Balaban J connectivity index is 1.75. The number of ether oxygens (including phenoxy) is 3.